The van der Waals surface area contributed by atoms with E-state index >= 15 is 0 Å². The molecule has 0 saturated carbocycles. The fourth-order valence-corrected chi connectivity index (χ4v) is 2.99. The molecule has 22 heavy (non-hydrogen) atoms. The van der Waals surface area contributed by atoms with Crippen LogP contribution in [0.25, 0.3) is 11.0 Å². The molecule has 0 spiro atoms. The number of likely N-dealkylation sites (tertiary alicyclic amines) is 1. The number of hydrogen-bond donors (Lipinski definition) is 1. The van der Waals surface area contributed by atoms with Gasteiger partial charge in [-0.05, 0) is 45.0 Å². The van der Waals surface area contributed by atoms with E-state index in [4.69, 9.17) is 14.9 Å². The van der Waals surface area contributed by atoms with Crippen molar-refractivity contribution in [3.8, 4) is 5.75 Å². The molecule has 2 heterocycles. The first-order chi connectivity index (χ1) is 10.6. The summed E-state index contributed by atoms with van der Waals surface area (Å²) in [5.74, 6) is 0.748. The first-order valence-electron chi connectivity index (χ1n) is 7.83. The molecule has 0 radical (unpaired) electrons. The van der Waals surface area contributed by atoms with Gasteiger partial charge in [0.25, 0.3) is 0 Å². The van der Waals surface area contributed by atoms with E-state index in [0.717, 1.165) is 36.3 Å². The number of nitrogen functional groups attached to an aromatic ring is 1. The number of piperidine rings is 1. The maximum atomic E-state index is 11.5. The largest absolute Gasteiger partial charge is 0.492 e. The Morgan fingerprint density at radius 1 is 1.27 bits per heavy atom. The minimum Gasteiger partial charge on any atom is -0.492 e. The lowest BCUT2D eigenvalue weighted by Crippen LogP contribution is -2.33. The smallest absolute Gasteiger partial charge is 0.338 e. The van der Waals surface area contributed by atoms with Gasteiger partial charge in [0, 0.05) is 29.2 Å². The van der Waals surface area contributed by atoms with Crippen molar-refractivity contribution < 1.29 is 9.15 Å². The summed E-state index contributed by atoms with van der Waals surface area (Å²) < 4.78 is 11.2. The number of aryl methyl sites for hydroxylation is 1. The van der Waals surface area contributed by atoms with Crippen LogP contribution in [0.2, 0.25) is 0 Å². The molecule has 3 rings (SSSR count). The summed E-state index contributed by atoms with van der Waals surface area (Å²) in [5.41, 5.74) is 7.21. The van der Waals surface area contributed by atoms with Crippen molar-refractivity contribution in [2.45, 2.75) is 26.2 Å². The van der Waals surface area contributed by atoms with E-state index in [1.165, 1.54) is 25.3 Å². The van der Waals surface area contributed by atoms with Gasteiger partial charge in [-0.2, -0.15) is 0 Å². The van der Waals surface area contributed by atoms with Gasteiger partial charge in [0.1, 0.15) is 17.9 Å². The molecule has 0 aliphatic carbocycles. The Kier molecular flexibility index (Phi) is 4.34. The summed E-state index contributed by atoms with van der Waals surface area (Å²) in [7, 11) is 0. The summed E-state index contributed by atoms with van der Waals surface area (Å²) in [6.07, 6.45) is 3.89. The fraction of sp³-hybridized carbons (Fsp3) is 0.471. The predicted molar refractivity (Wildman–Crippen MR) is 87.4 cm³/mol. The number of ether oxygens (including phenoxy) is 1. The molecule has 1 aliphatic rings. The van der Waals surface area contributed by atoms with Crippen LogP contribution in [0.1, 0.15) is 24.8 Å². The second kappa shape index (κ2) is 6.40. The Bertz CT molecular complexity index is 718. The second-order valence-electron chi connectivity index (χ2n) is 5.84. The highest BCUT2D eigenvalue weighted by atomic mass is 16.5. The van der Waals surface area contributed by atoms with Crippen LogP contribution in [0, 0.1) is 6.92 Å². The van der Waals surface area contributed by atoms with Crippen molar-refractivity contribution in [2.24, 2.45) is 0 Å². The Morgan fingerprint density at radius 3 is 2.82 bits per heavy atom. The number of nitrogens with two attached hydrogens (primary N) is 1. The minimum atomic E-state index is -0.432. The zero-order chi connectivity index (χ0) is 15.5. The van der Waals surface area contributed by atoms with Gasteiger partial charge in [0.15, 0.2) is 0 Å². The number of nitrogens with zero attached hydrogens (tertiary/aromatic N) is 1. The maximum absolute atomic E-state index is 11.5. The minimum absolute atomic E-state index is 0.432. The molecule has 0 atom stereocenters. The van der Waals surface area contributed by atoms with Gasteiger partial charge in [-0.3, -0.25) is 4.90 Å². The van der Waals surface area contributed by atoms with Crippen LogP contribution in [-0.2, 0) is 0 Å². The van der Waals surface area contributed by atoms with Crippen molar-refractivity contribution >= 4 is 16.7 Å². The van der Waals surface area contributed by atoms with E-state index in [1.54, 1.807) is 0 Å². The molecule has 5 heteroatoms. The van der Waals surface area contributed by atoms with Gasteiger partial charge in [0.05, 0.1) is 0 Å². The third-order valence-electron chi connectivity index (χ3n) is 4.26. The molecule has 0 amide bonds. The van der Waals surface area contributed by atoms with Gasteiger partial charge in [-0.15, -0.1) is 0 Å². The lowest BCUT2D eigenvalue weighted by Gasteiger charge is -2.26. The predicted octanol–water partition coefficient (Wildman–Crippen LogP) is 2.55. The average Bonchev–Trinajstić information content (AvgIpc) is 2.51. The zero-order valence-corrected chi connectivity index (χ0v) is 12.9. The van der Waals surface area contributed by atoms with Gasteiger partial charge in [-0.25, -0.2) is 4.79 Å². The van der Waals surface area contributed by atoms with Gasteiger partial charge in [-0.1, -0.05) is 6.42 Å². The fourth-order valence-electron chi connectivity index (χ4n) is 2.99. The van der Waals surface area contributed by atoms with Crippen molar-refractivity contribution in [1.29, 1.82) is 0 Å². The highest BCUT2D eigenvalue weighted by molar-refractivity contribution is 5.91. The first kappa shape index (κ1) is 14.9. The molecule has 1 aliphatic heterocycles. The standard InChI is InChI=1S/C17H22N2O3/c1-12-15(21-10-9-19-7-3-2-4-8-19)6-5-13-14(18)11-16(20)22-17(12)13/h5-6,11H,2-4,7-10,18H2,1H3. The van der Waals surface area contributed by atoms with E-state index in [-0.39, 0.29) is 0 Å². The second-order valence-corrected chi connectivity index (χ2v) is 5.84. The highest BCUT2D eigenvalue weighted by Crippen LogP contribution is 2.29. The molecule has 0 bridgehead atoms. The van der Waals surface area contributed by atoms with E-state index in [1.807, 2.05) is 19.1 Å². The van der Waals surface area contributed by atoms with Crippen LogP contribution in [0.5, 0.6) is 5.75 Å². The molecule has 2 N–H and O–H groups in total. The molecule has 118 valence electrons. The summed E-state index contributed by atoms with van der Waals surface area (Å²) >= 11 is 0. The van der Waals surface area contributed by atoms with E-state index < -0.39 is 5.63 Å². The van der Waals surface area contributed by atoms with Crippen LogP contribution in [0.3, 0.4) is 0 Å². The zero-order valence-electron chi connectivity index (χ0n) is 12.9. The Balaban J connectivity index is 1.74. The highest BCUT2D eigenvalue weighted by Gasteiger charge is 2.12. The summed E-state index contributed by atoms with van der Waals surface area (Å²) in [6.45, 7) is 5.77. The van der Waals surface area contributed by atoms with Crippen molar-refractivity contribution in [1.82, 2.24) is 4.90 Å². The number of benzene rings is 1. The molecule has 1 fully saturated rings. The SMILES string of the molecule is Cc1c(OCCN2CCCCC2)ccc2c(N)cc(=O)oc12. The Morgan fingerprint density at radius 2 is 2.05 bits per heavy atom. The normalized spacial score (nSPS) is 16.0. The lowest BCUT2D eigenvalue weighted by atomic mass is 10.1. The third-order valence-corrected chi connectivity index (χ3v) is 4.26. The van der Waals surface area contributed by atoms with Crippen molar-refractivity contribution in [2.75, 3.05) is 32.0 Å². The molecule has 0 unspecified atom stereocenters. The van der Waals surface area contributed by atoms with E-state index in [2.05, 4.69) is 4.90 Å². The summed E-state index contributed by atoms with van der Waals surface area (Å²) in [5, 5.41) is 0.750. The quantitative estimate of drug-likeness (QED) is 0.879. The summed E-state index contributed by atoms with van der Waals surface area (Å²) in [4.78, 5) is 13.9. The number of hydrogen-bond acceptors (Lipinski definition) is 5. The van der Waals surface area contributed by atoms with Crippen LogP contribution < -0.4 is 16.1 Å². The maximum Gasteiger partial charge on any atom is 0.338 e. The van der Waals surface area contributed by atoms with Gasteiger partial charge in [0.2, 0.25) is 0 Å². The molecular formula is C17H22N2O3. The monoisotopic (exact) mass is 302 g/mol. The van der Waals surface area contributed by atoms with Gasteiger partial charge < -0.3 is 14.9 Å². The topological polar surface area (TPSA) is 68.7 Å². The Hall–Kier alpha value is -2.01. The van der Waals surface area contributed by atoms with Crippen molar-refractivity contribution in [3.63, 3.8) is 0 Å². The number of anilines is 1. The number of rotatable bonds is 4. The average molecular weight is 302 g/mol. The van der Waals surface area contributed by atoms with E-state index in [0.29, 0.717) is 17.9 Å². The molecular weight excluding hydrogens is 280 g/mol. The van der Waals surface area contributed by atoms with Crippen LogP contribution >= 0.6 is 0 Å². The van der Waals surface area contributed by atoms with Crippen LogP contribution in [-0.4, -0.2) is 31.1 Å². The lowest BCUT2D eigenvalue weighted by molar-refractivity contribution is 0.183. The molecule has 2 aromatic rings. The van der Waals surface area contributed by atoms with Crippen LogP contribution in [0.15, 0.2) is 27.4 Å². The molecule has 1 aromatic carbocycles. The summed E-state index contributed by atoms with van der Waals surface area (Å²) in [6, 6.07) is 5.04. The van der Waals surface area contributed by atoms with E-state index in [9.17, 15) is 4.79 Å². The molecule has 1 saturated heterocycles. The third kappa shape index (κ3) is 3.09. The van der Waals surface area contributed by atoms with Gasteiger partial charge >= 0.3 is 5.63 Å². The molecule has 1 aromatic heterocycles. The van der Waals surface area contributed by atoms with Crippen LogP contribution in [0.4, 0.5) is 5.69 Å². The number of fused-ring (bicyclic) bond motifs is 1. The van der Waals surface area contributed by atoms with Crippen molar-refractivity contribution in [3.05, 3.63) is 34.2 Å². The molecule has 5 nitrogen and oxygen atoms in total. The first-order valence-corrected chi connectivity index (χ1v) is 7.83. The Labute approximate surface area is 129 Å².